The third-order valence-electron chi connectivity index (χ3n) is 2.46. The molecule has 0 amide bonds. The smallest absolute Gasteiger partial charge is 0.303 e. The van der Waals surface area contributed by atoms with Crippen LogP contribution in [0.5, 0.6) is 0 Å². The highest BCUT2D eigenvalue weighted by molar-refractivity contribution is 5.66. The zero-order chi connectivity index (χ0) is 14.8. The lowest BCUT2D eigenvalue weighted by Crippen LogP contribution is -2.45. The second-order valence-electron chi connectivity index (χ2n) is 4.05. The van der Waals surface area contributed by atoms with Gasteiger partial charge < -0.3 is 24.1 Å². The molecule has 0 fully saturated rings. The molecule has 1 N–H and O–H groups in total. The molecule has 112 valence electrons. The van der Waals surface area contributed by atoms with Crippen LogP contribution >= 0.6 is 0 Å². The maximum atomic E-state index is 11.1. The van der Waals surface area contributed by atoms with Gasteiger partial charge in [-0.2, -0.15) is 0 Å². The van der Waals surface area contributed by atoms with Gasteiger partial charge in [0.2, 0.25) is 0 Å². The van der Waals surface area contributed by atoms with Crippen LogP contribution in [0.15, 0.2) is 12.3 Å². The zero-order valence-electron chi connectivity index (χ0n) is 12.0. The summed E-state index contributed by atoms with van der Waals surface area (Å²) in [6.07, 6.45) is -0.885. The topological polar surface area (TPSA) is 74.2 Å². The number of esters is 1. The van der Waals surface area contributed by atoms with Crippen LogP contribution in [0.3, 0.4) is 0 Å². The molecule has 0 aromatic rings. The summed E-state index contributed by atoms with van der Waals surface area (Å²) >= 11 is 0. The molecule has 0 aliphatic heterocycles. The van der Waals surface area contributed by atoms with Gasteiger partial charge in [-0.15, -0.1) is 0 Å². The molecule has 0 heterocycles. The largest absolute Gasteiger partial charge is 0.510 e. The highest BCUT2D eigenvalue weighted by Crippen LogP contribution is 2.18. The summed E-state index contributed by atoms with van der Waals surface area (Å²) in [5.41, 5.74) is 0. The van der Waals surface area contributed by atoms with E-state index in [1.54, 1.807) is 0 Å². The molecule has 0 saturated carbocycles. The lowest BCUT2D eigenvalue weighted by atomic mass is 10.1. The van der Waals surface area contributed by atoms with Crippen molar-refractivity contribution in [3.05, 3.63) is 12.3 Å². The van der Waals surface area contributed by atoms with Gasteiger partial charge in [-0.1, -0.05) is 19.9 Å². The molecule has 0 bridgehead atoms. The van der Waals surface area contributed by atoms with Crippen LogP contribution in [-0.4, -0.2) is 50.4 Å². The summed E-state index contributed by atoms with van der Waals surface area (Å²) in [5, 5.41) is 9.61. The van der Waals surface area contributed by atoms with Crippen LogP contribution in [-0.2, 0) is 23.7 Å². The first-order chi connectivity index (χ1) is 8.97. The number of ether oxygens (including phenoxy) is 4. The van der Waals surface area contributed by atoms with Gasteiger partial charge in [0.25, 0.3) is 0 Å². The van der Waals surface area contributed by atoms with Crippen molar-refractivity contribution in [2.24, 2.45) is 0 Å². The van der Waals surface area contributed by atoms with Crippen molar-refractivity contribution in [2.45, 2.75) is 45.2 Å². The molecular weight excluding hydrogens is 252 g/mol. The van der Waals surface area contributed by atoms with Crippen LogP contribution in [0.1, 0.15) is 26.7 Å². The minimum absolute atomic E-state index is 0.235. The Labute approximate surface area is 114 Å². The fourth-order valence-corrected chi connectivity index (χ4v) is 1.55. The van der Waals surface area contributed by atoms with Gasteiger partial charge in [-0.25, -0.2) is 0 Å². The Bertz CT molecular complexity index is 274. The van der Waals surface area contributed by atoms with Gasteiger partial charge in [-0.3, -0.25) is 4.79 Å². The molecule has 0 aromatic carbocycles. The summed E-state index contributed by atoms with van der Waals surface area (Å²) in [4.78, 5) is 11.1. The summed E-state index contributed by atoms with van der Waals surface area (Å²) in [6.45, 7) is 7.14. The maximum absolute atomic E-state index is 11.1. The first-order valence-corrected chi connectivity index (χ1v) is 6.20. The van der Waals surface area contributed by atoms with E-state index in [9.17, 15) is 9.90 Å². The SMILES string of the molecule is C=C(O)C(OCCCC)C(OC(C)=O)C(OC)OC. The van der Waals surface area contributed by atoms with Crippen molar-refractivity contribution in [3.8, 4) is 0 Å². The second kappa shape index (κ2) is 9.77. The fraction of sp³-hybridized carbons (Fsp3) is 0.769. The predicted molar refractivity (Wildman–Crippen MR) is 69.8 cm³/mol. The Balaban J connectivity index is 4.89. The molecule has 6 nitrogen and oxygen atoms in total. The maximum Gasteiger partial charge on any atom is 0.303 e. The fourth-order valence-electron chi connectivity index (χ4n) is 1.55. The number of carbonyl (C=O) groups is 1. The Morgan fingerprint density at radius 2 is 1.89 bits per heavy atom. The molecule has 19 heavy (non-hydrogen) atoms. The van der Waals surface area contributed by atoms with Gasteiger partial charge >= 0.3 is 5.97 Å². The average molecular weight is 276 g/mol. The molecule has 0 aliphatic carbocycles. The molecule has 0 spiro atoms. The number of hydrogen-bond donors (Lipinski definition) is 1. The Morgan fingerprint density at radius 1 is 1.32 bits per heavy atom. The highest BCUT2D eigenvalue weighted by Gasteiger charge is 2.35. The third-order valence-corrected chi connectivity index (χ3v) is 2.46. The standard InChI is InChI=1S/C13H24O6/c1-6-7-8-18-11(9(2)14)12(19-10(3)15)13(16-4)17-5/h11-14H,2,6-8H2,1,3-5H3. The monoisotopic (exact) mass is 276 g/mol. The van der Waals surface area contributed by atoms with Gasteiger partial charge in [0.1, 0.15) is 5.76 Å². The van der Waals surface area contributed by atoms with E-state index >= 15 is 0 Å². The number of aliphatic hydroxyl groups is 1. The highest BCUT2D eigenvalue weighted by atomic mass is 16.7. The van der Waals surface area contributed by atoms with Gasteiger partial charge in [-0.05, 0) is 6.42 Å². The summed E-state index contributed by atoms with van der Waals surface area (Å²) in [7, 11) is 2.82. The molecule has 0 aromatic heterocycles. The average Bonchev–Trinajstić information content (AvgIpc) is 2.34. The number of methoxy groups -OCH3 is 2. The number of carbonyl (C=O) groups excluding carboxylic acids is 1. The molecule has 2 atom stereocenters. The minimum atomic E-state index is -0.915. The molecule has 0 radical (unpaired) electrons. The molecular formula is C13H24O6. The Kier molecular flexibility index (Phi) is 9.20. The molecule has 0 rings (SSSR count). The van der Waals surface area contributed by atoms with Gasteiger partial charge in [0.15, 0.2) is 18.5 Å². The van der Waals surface area contributed by atoms with E-state index in [1.807, 2.05) is 6.92 Å². The van der Waals surface area contributed by atoms with Crippen molar-refractivity contribution in [1.29, 1.82) is 0 Å². The van der Waals surface area contributed by atoms with Crippen LogP contribution in [0.25, 0.3) is 0 Å². The quantitative estimate of drug-likeness (QED) is 0.284. The van der Waals surface area contributed by atoms with Crippen molar-refractivity contribution in [1.82, 2.24) is 0 Å². The van der Waals surface area contributed by atoms with Crippen molar-refractivity contribution >= 4 is 5.97 Å². The number of rotatable bonds is 10. The summed E-state index contributed by atoms with van der Waals surface area (Å²) < 4.78 is 20.8. The molecule has 0 saturated heterocycles. The van der Waals surface area contributed by atoms with E-state index in [0.29, 0.717) is 6.61 Å². The number of aliphatic hydroxyl groups excluding tert-OH is 1. The lowest BCUT2D eigenvalue weighted by Gasteiger charge is -2.30. The van der Waals surface area contributed by atoms with Crippen LogP contribution in [0.4, 0.5) is 0 Å². The van der Waals surface area contributed by atoms with Gasteiger partial charge in [0.05, 0.1) is 0 Å². The van der Waals surface area contributed by atoms with E-state index in [2.05, 4.69) is 6.58 Å². The molecule has 2 unspecified atom stereocenters. The number of hydrogen-bond acceptors (Lipinski definition) is 6. The summed E-state index contributed by atoms with van der Waals surface area (Å²) in [5.74, 6) is -0.754. The predicted octanol–water partition coefficient (Wildman–Crippen LogP) is 1.79. The number of unbranched alkanes of at least 4 members (excludes halogenated alkanes) is 1. The van der Waals surface area contributed by atoms with Crippen LogP contribution < -0.4 is 0 Å². The van der Waals surface area contributed by atoms with E-state index < -0.39 is 24.5 Å². The van der Waals surface area contributed by atoms with E-state index in [4.69, 9.17) is 18.9 Å². The van der Waals surface area contributed by atoms with Crippen LogP contribution in [0.2, 0.25) is 0 Å². The first-order valence-electron chi connectivity index (χ1n) is 6.20. The lowest BCUT2D eigenvalue weighted by molar-refractivity contribution is -0.214. The molecule has 0 aliphatic rings. The Hall–Kier alpha value is -1.11. The van der Waals surface area contributed by atoms with Crippen molar-refractivity contribution in [3.63, 3.8) is 0 Å². The normalized spacial score (nSPS) is 14.2. The van der Waals surface area contributed by atoms with E-state index in [1.165, 1.54) is 21.1 Å². The van der Waals surface area contributed by atoms with E-state index in [-0.39, 0.29) is 5.76 Å². The van der Waals surface area contributed by atoms with Crippen LogP contribution in [0, 0.1) is 0 Å². The zero-order valence-corrected chi connectivity index (χ0v) is 12.0. The van der Waals surface area contributed by atoms with Crippen molar-refractivity contribution < 1.29 is 28.8 Å². The first kappa shape index (κ1) is 17.9. The van der Waals surface area contributed by atoms with Crippen molar-refractivity contribution in [2.75, 3.05) is 20.8 Å². The van der Waals surface area contributed by atoms with E-state index in [0.717, 1.165) is 12.8 Å². The third kappa shape index (κ3) is 6.56. The summed E-state index contributed by atoms with van der Waals surface area (Å²) in [6, 6.07) is 0. The van der Waals surface area contributed by atoms with Gasteiger partial charge in [0, 0.05) is 27.8 Å². The second-order valence-corrected chi connectivity index (χ2v) is 4.05. The molecule has 6 heteroatoms. The Morgan fingerprint density at radius 3 is 2.26 bits per heavy atom. The minimum Gasteiger partial charge on any atom is -0.510 e.